The van der Waals surface area contributed by atoms with Gasteiger partial charge in [-0.1, -0.05) is 12.1 Å². The van der Waals surface area contributed by atoms with Crippen LogP contribution in [0.2, 0.25) is 0 Å². The first-order valence-corrected chi connectivity index (χ1v) is 6.73. The minimum absolute atomic E-state index is 0.127. The third kappa shape index (κ3) is 3.13. The summed E-state index contributed by atoms with van der Waals surface area (Å²) >= 11 is 0. The minimum atomic E-state index is -2.83. The lowest BCUT2D eigenvalue weighted by atomic mass is 10.1. The largest absolute Gasteiger partial charge is 0.435 e. The van der Waals surface area contributed by atoms with E-state index < -0.39 is 6.61 Å². The number of aromatic nitrogens is 2. The summed E-state index contributed by atoms with van der Waals surface area (Å²) in [4.78, 5) is 2.10. The van der Waals surface area contributed by atoms with Crippen molar-refractivity contribution in [2.24, 2.45) is 5.73 Å². The molecule has 1 unspecified atom stereocenters. The van der Waals surface area contributed by atoms with Gasteiger partial charge in [0.05, 0.1) is 5.69 Å². The standard InChI is InChI=1S/C14H16F2N4O/c15-14(16)21-11-3-1-2-9(6-11)12-7-13(19-18-12)20-5-4-10(17)8-20/h1-3,6-7,10,14H,4-5,8,17H2,(H,18,19). The smallest absolute Gasteiger partial charge is 0.387 e. The minimum Gasteiger partial charge on any atom is -0.435 e. The van der Waals surface area contributed by atoms with Gasteiger partial charge in [-0.3, -0.25) is 5.10 Å². The van der Waals surface area contributed by atoms with Crippen LogP contribution in [-0.2, 0) is 0 Å². The Kier molecular flexibility index (Phi) is 3.74. The molecule has 3 N–H and O–H groups in total. The zero-order chi connectivity index (χ0) is 14.8. The Hall–Kier alpha value is -2.15. The maximum Gasteiger partial charge on any atom is 0.387 e. The third-order valence-electron chi connectivity index (χ3n) is 3.48. The summed E-state index contributed by atoms with van der Waals surface area (Å²) < 4.78 is 28.9. The second-order valence-corrected chi connectivity index (χ2v) is 5.04. The van der Waals surface area contributed by atoms with Gasteiger partial charge in [0.1, 0.15) is 5.75 Å². The molecule has 1 atom stereocenters. The number of nitrogens with two attached hydrogens (primary N) is 1. The van der Waals surface area contributed by atoms with Crippen molar-refractivity contribution in [2.75, 3.05) is 18.0 Å². The topological polar surface area (TPSA) is 67.2 Å². The predicted molar refractivity (Wildman–Crippen MR) is 75.5 cm³/mol. The van der Waals surface area contributed by atoms with Crippen molar-refractivity contribution in [3.63, 3.8) is 0 Å². The second-order valence-electron chi connectivity index (χ2n) is 5.04. The molecule has 1 aromatic heterocycles. The quantitative estimate of drug-likeness (QED) is 0.907. The van der Waals surface area contributed by atoms with Gasteiger partial charge in [-0.15, -0.1) is 0 Å². The summed E-state index contributed by atoms with van der Waals surface area (Å²) in [6, 6.07) is 8.59. The van der Waals surface area contributed by atoms with Crippen LogP contribution in [0.5, 0.6) is 5.75 Å². The van der Waals surface area contributed by atoms with Crippen LogP contribution in [0, 0.1) is 0 Å². The fourth-order valence-electron chi connectivity index (χ4n) is 2.46. The molecule has 0 saturated carbocycles. The van der Waals surface area contributed by atoms with Crippen LogP contribution in [0.4, 0.5) is 14.6 Å². The molecule has 0 radical (unpaired) electrons. The highest BCUT2D eigenvalue weighted by Crippen LogP contribution is 2.27. The van der Waals surface area contributed by atoms with Crippen LogP contribution >= 0.6 is 0 Å². The van der Waals surface area contributed by atoms with Gasteiger partial charge < -0.3 is 15.4 Å². The number of anilines is 1. The normalized spacial score (nSPS) is 18.5. The maximum atomic E-state index is 12.2. The Morgan fingerprint density at radius 3 is 2.95 bits per heavy atom. The van der Waals surface area contributed by atoms with E-state index in [9.17, 15) is 8.78 Å². The lowest BCUT2D eigenvalue weighted by Gasteiger charge is -2.13. The number of ether oxygens (including phenoxy) is 1. The van der Waals surface area contributed by atoms with Gasteiger partial charge in [0, 0.05) is 30.8 Å². The summed E-state index contributed by atoms with van der Waals surface area (Å²) in [5.41, 5.74) is 7.38. The van der Waals surface area contributed by atoms with Crippen LogP contribution in [0.3, 0.4) is 0 Å². The molecule has 1 aliphatic heterocycles. The Balaban J connectivity index is 1.79. The van der Waals surface area contributed by atoms with E-state index in [0.29, 0.717) is 0 Å². The monoisotopic (exact) mass is 294 g/mol. The van der Waals surface area contributed by atoms with Crippen LogP contribution in [0.25, 0.3) is 11.3 Å². The molecule has 0 bridgehead atoms. The lowest BCUT2D eigenvalue weighted by Crippen LogP contribution is -2.26. The first-order chi connectivity index (χ1) is 10.1. The molecule has 21 heavy (non-hydrogen) atoms. The number of nitrogens with zero attached hydrogens (tertiary/aromatic N) is 2. The molecule has 3 rings (SSSR count). The molecular weight excluding hydrogens is 278 g/mol. The van der Waals surface area contributed by atoms with Gasteiger partial charge in [-0.05, 0) is 18.6 Å². The second kappa shape index (κ2) is 5.69. The number of halogens is 2. The number of alkyl halides is 2. The molecule has 1 aromatic carbocycles. The summed E-state index contributed by atoms with van der Waals surface area (Å²) in [7, 11) is 0. The molecule has 7 heteroatoms. The molecule has 0 amide bonds. The molecule has 0 spiro atoms. The third-order valence-corrected chi connectivity index (χ3v) is 3.48. The van der Waals surface area contributed by atoms with Crippen molar-refractivity contribution in [1.29, 1.82) is 0 Å². The SMILES string of the molecule is NC1CCN(c2cc(-c3cccc(OC(F)F)c3)[nH]n2)C1. The molecular formula is C14H16F2N4O. The van der Waals surface area contributed by atoms with Crippen molar-refractivity contribution in [2.45, 2.75) is 19.1 Å². The van der Waals surface area contributed by atoms with Crippen LogP contribution in [0.1, 0.15) is 6.42 Å². The Morgan fingerprint density at radius 2 is 2.24 bits per heavy atom. The van der Waals surface area contributed by atoms with Gasteiger partial charge >= 0.3 is 6.61 Å². The lowest BCUT2D eigenvalue weighted by molar-refractivity contribution is -0.0498. The maximum absolute atomic E-state index is 12.2. The van der Waals surface area contributed by atoms with Crippen molar-refractivity contribution in [3.05, 3.63) is 30.3 Å². The highest BCUT2D eigenvalue weighted by atomic mass is 19.3. The van der Waals surface area contributed by atoms with Gasteiger partial charge in [0.25, 0.3) is 0 Å². The molecule has 2 heterocycles. The molecule has 2 aromatic rings. The highest BCUT2D eigenvalue weighted by molar-refractivity contribution is 5.64. The van der Waals surface area contributed by atoms with Crippen molar-refractivity contribution in [3.8, 4) is 17.0 Å². The molecule has 1 aliphatic rings. The summed E-state index contributed by atoms with van der Waals surface area (Å²) in [5, 5.41) is 7.17. The number of nitrogens with one attached hydrogen (secondary N) is 1. The van der Waals surface area contributed by atoms with Gasteiger partial charge in [0.15, 0.2) is 5.82 Å². The van der Waals surface area contributed by atoms with Crippen molar-refractivity contribution >= 4 is 5.82 Å². The fourth-order valence-corrected chi connectivity index (χ4v) is 2.46. The van der Waals surface area contributed by atoms with E-state index in [1.165, 1.54) is 6.07 Å². The highest BCUT2D eigenvalue weighted by Gasteiger charge is 2.21. The van der Waals surface area contributed by atoms with E-state index in [-0.39, 0.29) is 11.8 Å². The van der Waals surface area contributed by atoms with E-state index in [1.807, 2.05) is 12.1 Å². The average molecular weight is 294 g/mol. The number of aromatic amines is 1. The van der Waals surface area contributed by atoms with E-state index in [4.69, 9.17) is 5.73 Å². The van der Waals surface area contributed by atoms with E-state index >= 15 is 0 Å². The van der Waals surface area contributed by atoms with Crippen LogP contribution in [0.15, 0.2) is 30.3 Å². The van der Waals surface area contributed by atoms with Crippen molar-refractivity contribution < 1.29 is 13.5 Å². The molecule has 112 valence electrons. The summed E-state index contributed by atoms with van der Waals surface area (Å²) in [5.74, 6) is 0.944. The van der Waals surface area contributed by atoms with Gasteiger partial charge in [-0.2, -0.15) is 13.9 Å². The summed E-state index contributed by atoms with van der Waals surface area (Å²) in [6.45, 7) is -1.18. The Morgan fingerprint density at radius 1 is 1.38 bits per heavy atom. The number of rotatable bonds is 4. The van der Waals surface area contributed by atoms with Gasteiger partial charge in [-0.25, -0.2) is 0 Å². The fraction of sp³-hybridized carbons (Fsp3) is 0.357. The Bertz CT molecular complexity index is 617. The molecule has 0 aliphatic carbocycles. The van der Waals surface area contributed by atoms with Crippen LogP contribution in [-0.4, -0.2) is 35.9 Å². The van der Waals surface area contributed by atoms with E-state index in [1.54, 1.807) is 12.1 Å². The first-order valence-electron chi connectivity index (χ1n) is 6.73. The summed E-state index contributed by atoms with van der Waals surface area (Å²) in [6.07, 6.45) is 0.944. The van der Waals surface area contributed by atoms with Crippen LogP contribution < -0.4 is 15.4 Å². The predicted octanol–water partition coefficient (Wildman–Crippen LogP) is 2.22. The first kappa shape index (κ1) is 13.8. The van der Waals surface area contributed by atoms with E-state index in [0.717, 1.165) is 36.6 Å². The number of hydrogen-bond acceptors (Lipinski definition) is 4. The molecule has 5 nitrogen and oxygen atoms in total. The molecule has 1 saturated heterocycles. The number of benzene rings is 1. The number of H-pyrrole nitrogens is 1. The number of hydrogen-bond donors (Lipinski definition) is 2. The zero-order valence-electron chi connectivity index (χ0n) is 11.3. The van der Waals surface area contributed by atoms with E-state index in [2.05, 4.69) is 19.8 Å². The average Bonchev–Trinajstić information content (AvgIpc) is 3.06. The Labute approximate surface area is 120 Å². The van der Waals surface area contributed by atoms with Gasteiger partial charge in [0.2, 0.25) is 0 Å². The zero-order valence-corrected chi connectivity index (χ0v) is 11.3. The van der Waals surface area contributed by atoms with Crippen molar-refractivity contribution in [1.82, 2.24) is 10.2 Å². The molecule has 1 fully saturated rings.